The van der Waals surface area contributed by atoms with Gasteiger partial charge in [0.15, 0.2) is 9.84 Å². The summed E-state index contributed by atoms with van der Waals surface area (Å²) in [6.07, 6.45) is 1.79. The van der Waals surface area contributed by atoms with Gasteiger partial charge in [-0.05, 0) is 54.8 Å². The van der Waals surface area contributed by atoms with Gasteiger partial charge in [-0.25, -0.2) is 8.42 Å². The Hall–Kier alpha value is -1.70. The molecule has 0 unspecified atom stereocenters. The summed E-state index contributed by atoms with van der Waals surface area (Å²) in [5.74, 6) is -0.284. The van der Waals surface area contributed by atoms with Crippen molar-refractivity contribution in [3.8, 4) is 0 Å². The maximum Gasteiger partial charge on any atom is 0.251 e. The third-order valence-corrected chi connectivity index (χ3v) is 6.75. The highest BCUT2D eigenvalue weighted by Gasteiger charge is 2.45. The third kappa shape index (κ3) is 4.16. The van der Waals surface area contributed by atoms with Gasteiger partial charge in [0.25, 0.3) is 5.91 Å². The average molecular weight is 438 g/mol. The number of carbonyl (C=O) groups excluding carboxylic acids is 1. The predicted octanol–water partition coefficient (Wildman–Crippen LogP) is 3.29. The Morgan fingerprint density at radius 2 is 1.73 bits per heavy atom. The Bertz CT molecular complexity index is 888. The molecule has 1 saturated carbocycles. The van der Waals surface area contributed by atoms with E-state index in [9.17, 15) is 13.2 Å². The van der Waals surface area contributed by atoms with Crippen LogP contribution in [0, 0.1) is 0 Å². The van der Waals surface area contributed by atoms with Crippen LogP contribution in [0.3, 0.4) is 0 Å². The lowest BCUT2D eigenvalue weighted by molar-refractivity contribution is 0.0930. The molecule has 2 aromatic carbocycles. The van der Waals surface area contributed by atoms with Gasteiger partial charge in [-0.1, -0.05) is 28.1 Å². The fourth-order valence-electron chi connectivity index (χ4n) is 2.79. The zero-order valence-corrected chi connectivity index (χ0v) is 16.8. The standard InChI is InChI=1S/C19H20BrNO4S/c1-25-12-13-26(23,24)17-8-2-14(3-9-17)18(22)21-19(10-11-19)15-4-6-16(20)7-5-15/h2-9H,10-13H2,1H3,(H,21,22). The number of carbonyl (C=O) groups is 1. The molecule has 138 valence electrons. The lowest BCUT2D eigenvalue weighted by Gasteiger charge is -2.18. The summed E-state index contributed by atoms with van der Waals surface area (Å²) in [6, 6.07) is 14.0. The quantitative estimate of drug-likeness (QED) is 0.720. The maximum atomic E-state index is 12.6. The molecule has 1 aliphatic rings. The second kappa shape index (κ2) is 7.50. The van der Waals surface area contributed by atoms with Crippen molar-refractivity contribution in [3.05, 3.63) is 64.1 Å². The fourth-order valence-corrected chi connectivity index (χ4v) is 4.23. The first kappa shape index (κ1) is 19.1. The van der Waals surface area contributed by atoms with Gasteiger partial charge in [0.2, 0.25) is 0 Å². The minimum Gasteiger partial charge on any atom is -0.384 e. The molecule has 0 atom stereocenters. The van der Waals surface area contributed by atoms with Crippen LogP contribution in [-0.4, -0.2) is 33.8 Å². The molecule has 1 aliphatic carbocycles. The summed E-state index contributed by atoms with van der Waals surface area (Å²) in [5.41, 5.74) is 1.20. The zero-order valence-electron chi connectivity index (χ0n) is 14.4. The van der Waals surface area contributed by atoms with Crippen LogP contribution in [0.15, 0.2) is 57.9 Å². The van der Waals surface area contributed by atoms with E-state index in [1.165, 1.54) is 19.2 Å². The smallest absolute Gasteiger partial charge is 0.251 e. The molecule has 2 aromatic rings. The third-order valence-electron chi connectivity index (χ3n) is 4.53. The first-order chi connectivity index (χ1) is 12.4. The lowest BCUT2D eigenvalue weighted by Crippen LogP contribution is -2.34. The highest BCUT2D eigenvalue weighted by Crippen LogP contribution is 2.45. The van der Waals surface area contributed by atoms with Crippen LogP contribution in [0.5, 0.6) is 0 Å². The Labute approximate surface area is 161 Å². The molecule has 0 bridgehead atoms. The van der Waals surface area contributed by atoms with Gasteiger partial charge in [0.1, 0.15) is 0 Å². The van der Waals surface area contributed by atoms with Gasteiger partial charge in [0.05, 0.1) is 22.8 Å². The van der Waals surface area contributed by atoms with Crippen molar-refractivity contribution in [3.63, 3.8) is 0 Å². The molecular weight excluding hydrogens is 418 g/mol. The number of amides is 1. The first-order valence-electron chi connectivity index (χ1n) is 8.27. The van der Waals surface area contributed by atoms with Crippen LogP contribution in [0.4, 0.5) is 0 Å². The van der Waals surface area contributed by atoms with Crippen LogP contribution in [0.25, 0.3) is 0 Å². The van der Waals surface area contributed by atoms with Crippen molar-refractivity contribution in [1.29, 1.82) is 0 Å². The van der Waals surface area contributed by atoms with Crippen LogP contribution in [0.2, 0.25) is 0 Å². The van der Waals surface area contributed by atoms with E-state index in [2.05, 4.69) is 21.2 Å². The van der Waals surface area contributed by atoms with E-state index < -0.39 is 9.84 Å². The van der Waals surface area contributed by atoms with Crippen LogP contribution in [0.1, 0.15) is 28.8 Å². The van der Waals surface area contributed by atoms with Gasteiger partial charge >= 0.3 is 0 Å². The largest absolute Gasteiger partial charge is 0.384 e. The number of nitrogens with one attached hydrogen (secondary N) is 1. The fraction of sp³-hybridized carbons (Fsp3) is 0.316. The lowest BCUT2D eigenvalue weighted by atomic mass is 10.0. The molecule has 3 rings (SSSR count). The summed E-state index contributed by atoms with van der Waals surface area (Å²) >= 11 is 3.41. The van der Waals surface area contributed by atoms with E-state index in [1.54, 1.807) is 12.1 Å². The van der Waals surface area contributed by atoms with E-state index in [4.69, 9.17) is 4.74 Å². The van der Waals surface area contributed by atoms with Gasteiger partial charge in [-0.2, -0.15) is 0 Å². The summed E-state index contributed by atoms with van der Waals surface area (Å²) in [6.45, 7) is 0.139. The maximum absolute atomic E-state index is 12.6. The number of halogens is 1. The SMILES string of the molecule is COCCS(=O)(=O)c1ccc(C(=O)NC2(c3ccc(Br)cc3)CC2)cc1. The molecule has 0 spiro atoms. The molecule has 1 fully saturated rings. The first-order valence-corrected chi connectivity index (χ1v) is 10.7. The van der Waals surface area contributed by atoms with E-state index in [-0.39, 0.29) is 28.7 Å². The molecular formula is C19H20BrNO4S. The Balaban J connectivity index is 1.72. The Morgan fingerprint density at radius 1 is 1.12 bits per heavy atom. The van der Waals surface area contributed by atoms with Crippen LogP contribution < -0.4 is 5.32 Å². The number of benzene rings is 2. The predicted molar refractivity (Wildman–Crippen MR) is 103 cm³/mol. The number of hydrogen-bond acceptors (Lipinski definition) is 4. The normalized spacial score (nSPS) is 15.5. The van der Waals surface area contributed by atoms with Crippen LogP contribution in [-0.2, 0) is 20.1 Å². The average Bonchev–Trinajstić information content (AvgIpc) is 3.41. The number of methoxy groups -OCH3 is 1. The second-order valence-electron chi connectivity index (χ2n) is 6.38. The second-order valence-corrected chi connectivity index (χ2v) is 9.40. The van der Waals surface area contributed by atoms with Crippen molar-refractivity contribution in [2.75, 3.05) is 19.5 Å². The molecule has 0 aromatic heterocycles. The van der Waals surface area contributed by atoms with E-state index >= 15 is 0 Å². The van der Waals surface area contributed by atoms with E-state index in [0.717, 1.165) is 22.9 Å². The number of sulfone groups is 1. The summed E-state index contributed by atoms with van der Waals surface area (Å²) in [4.78, 5) is 12.8. The molecule has 5 nitrogen and oxygen atoms in total. The molecule has 7 heteroatoms. The zero-order chi connectivity index (χ0) is 18.8. The number of ether oxygens (including phenoxy) is 1. The highest BCUT2D eigenvalue weighted by atomic mass is 79.9. The topological polar surface area (TPSA) is 72.5 Å². The number of rotatable bonds is 7. The van der Waals surface area contributed by atoms with Crippen molar-refractivity contribution >= 4 is 31.7 Å². The highest BCUT2D eigenvalue weighted by molar-refractivity contribution is 9.10. The summed E-state index contributed by atoms with van der Waals surface area (Å²) in [5, 5.41) is 3.09. The van der Waals surface area contributed by atoms with Gasteiger partial charge in [0, 0.05) is 17.1 Å². The molecule has 0 aliphatic heterocycles. The van der Waals surface area contributed by atoms with Crippen LogP contribution >= 0.6 is 15.9 Å². The molecule has 0 radical (unpaired) electrons. The summed E-state index contributed by atoms with van der Waals surface area (Å²) < 4.78 is 30.1. The van der Waals surface area contributed by atoms with Gasteiger partial charge < -0.3 is 10.1 Å². The minimum absolute atomic E-state index is 0.0816. The van der Waals surface area contributed by atoms with E-state index in [0.29, 0.717) is 5.56 Å². The van der Waals surface area contributed by atoms with Crippen molar-refractivity contribution in [2.24, 2.45) is 0 Å². The molecule has 1 amide bonds. The Morgan fingerprint density at radius 3 is 2.27 bits per heavy atom. The molecule has 26 heavy (non-hydrogen) atoms. The molecule has 0 heterocycles. The van der Waals surface area contributed by atoms with E-state index in [1.807, 2.05) is 24.3 Å². The monoisotopic (exact) mass is 437 g/mol. The van der Waals surface area contributed by atoms with Crippen molar-refractivity contribution < 1.29 is 17.9 Å². The molecule has 0 saturated heterocycles. The number of hydrogen-bond donors (Lipinski definition) is 1. The molecule has 1 N–H and O–H groups in total. The van der Waals surface area contributed by atoms with Gasteiger partial charge in [-0.15, -0.1) is 0 Å². The van der Waals surface area contributed by atoms with Crippen molar-refractivity contribution in [1.82, 2.24) is 5.32 Å². The van der Waals surface area contributed by atoms with Gasteiger partial charge in [-0.3, -0.25) is 4.79 Å². The minimum atomic E-state index is -3.40. The van der Waals surface area contributed by atoms with Crippen molar-refractivity contribution in [2.45, 2.75) is 23.3 Å². The Kier molecular flexibility index (Phi) is 5.50. The summed E-state index contributed by atoms with van der Waals surface area (Å²) in [7, 11) is -1.94.